The van der Waals surface area contributed by atoms with Gasteiger partial charge in [0.15, 0.2) is 0 Å². The number of hydrogen-bond donors (Lipinski definition) is 1. The highest BCUT2D eigenvalue weighted by molar-refractivity contribution is 7.89. The smallest absolute Gasteiger partial charge is 0.267 e. The fourth-order valence-corrected chi connectivity index (χ4v) is 3.68. The first-order chi connectivity index (χ1) is 13.5. The minimum atomic E-state index is -4.51. The first kappa shape index (κ1) is 22.8. The fourth-order valence-electron chi connectivity index (χ4n) is 2.61. The number of halogens is 3. The molecule has 0 atom stereocenters. The summed E-state index contributed by atoms with van der Waals surface area (Å²) in [5.74, 6) is -0.251. The number of nitrogens with zero attached hydrogens (tertiary/aromatic N) is 2. The zero-order valence-electron chi connectivity index (χ0n) is 16.0. The number of hydrogen-bond acceptors (Lipinski definition) is 4. The Morgan fingerprint density at radius 3 is 2.38 bits per heavy atom. The highest BCUT2D eigenvalue weighted by atomic mass is 32.2. The van der Waals surface area contributed by atoms with Crippen molar-refractivity contribution in [1.82, 2.24) is 14.5 Å². The van der Waals surface area contributed by atoms with Crippen LogP contribution in [0.25, 0.3) is 0 Å². The van der Waals surface area contributed by atoms with Crippen molar-refractivity contribution >= 4 is 15.9 Å². The summed E-state index contributed by atoms with van der Waals surface area (Å²) in [6.45, 7) is 3.73. The Morgan fingerprint density at radius 1 is 1.17 bits per heavy atom. The third-order valence-electron chi connectivity index (χ3n) is 4.06. The van der Waals surface area contributed by atoms with Crippen molar-refractivity contribution in [1.29, 1.82) is 0 Å². The largest absolute Gasteiger partial charge is 0.416 e. The first-order valence-corrected chi connectivity index (χ1v) is 10.4. The number of benzene rings is 1. The van der Waals surface area contributed by atoms with Crippen LogP contribution in [0, 0.1) is 13.8 Å². The number of alkyl halides is 3. The molecule has 0 saturated carbocycles. The Labute approximate surface area is 167 Å². The predicted molar refractivity (Wildman–Crippen MR) is 102 cm³/mol. The average Bonchev–Trinajstić information content (AvgIpc) is 2.98. The maximum absolute atomic E-state index is 12.5. The van der Waals surface area contributed by atoms with Crippen molar-refractivity contribution < 1.29 is 26.4 Å². The minimum Gasteiger partial charge on any atom is -0.267 e. The molecule has 0 aliphatic carbocycles. The van der Waals surface area contributed by atoms with Crippen LogP contribution in [0.2, 0.25) is 0 Å². The quantitative estimate of drug-likeness (QED) is 0.510. The average molecular weight is 429 g/mol. The summed E-state index contributed by atoms with van der Waals surface area (Å²) in [4.78, 5) is 11.8. The van der Waals surface area contributed by atoms with Crippen molar-refractivity contribution in [3.05, 3.63) is 59.4 Å². The van der Waals surface area contributed by atoms with Crippen molar-refractivity contribution in [3.8, 4) is 0 Å². The van der Waals surface area contributed by atoms with E-state index in [-0.39, 0.29) is 17.3 Å². The zero-order chi connectivity index (χ0) is 21.7. The van der Waals surface area contributed by atoms with Crippen molar-refractivity contribution in [2.45, 2.75) is 44.2 Å². The second-order valence-electron chi connectivity index (χ2n) is 6.50. The fraction of sp³-hybridized carbons (Fsp3) is 0.368. The molecule has 0 spiro atoms. The van der Waals surface area contributed by atoms with E-state index < -0.39 is 21.8 Å². The van der Waals surface area contributed by atoms with E-state index in [1.807, 2.05) is 0 Å². The molecule has 0 fully saturated rings. The molecule has 1 aromatic heterocycles. The summed E-state index contributed by atoms with van der Waals surface area (Å²) in [7, 11) is -3.87. The van der Waals surface area contributed by atoms with Gasteiger partial charge in [-0.15, -0.1) is 0 Å². The van der Waals surface area contributed by atoms with E-state index in [0.29, 0.717) is 19.3 Å². The van der Waals surface area contributed by atoms with Gasteiger partial charge in [-0.05, 0) is 63.4 Å². The van der Waals surface area contributed by atoms with E-state index >= 15 is 0 Å². The number of allylic oxidation sites excluding steroid dienone is 2. The van der Waals surface area contributed by atoms with Crippen LogP contribution in [-0.4, -0.2) is 30.7 Å². The molecule has 0 bridgehead atoms. The van der Waals surface area contributed by atoms with Crippen LogP contribution in [0.1, 0.15) is 41.0 Å². The summed E-state index contributed by atoms with van der Waals surface area (Å²) >= 11 is 0. The van der Waals surface area contributed by atoms with Gasteiger partial charge in [-0.3, -0.25) is 4.79 Å². The third kappa shape index (κ3) is 6.53. The van der Waals surface area contributed by atoms with Gasteiger partial charge in [0.25, 0.3) is 5.91 Å². The molecule has 2 rings (SSSR count). The van der Waals surface area contributed by atoms with Crippen molar-refractivity contribution in [3.63, 3.8) is 0 Å². The summed E-state index contributed by atoms with van der Waals surface area (Å²) in [5.41, 5.74) is 0.595. The van der Waals surface area contributed by atoms with E-state index in [1.54, 1.807) is 26.0 Å². The highest BCUT2D eigenvalue weighted by Gasteiger charge is 2.30. The van der Waals surface area contributed by atoms with Gasteiger partial charge in [0.2, 0.25) is 10.0 Å². The topological polar surface area (TPSA) is 81.1 Å². The molecule has 1 heterocycles. The molecule has 6 nitrogen and oxygen atoms in total. The third-order valence-corrected chi connectivity index (χ3v) is 5.54. The molecule has 158 valence electrons. The molecule has 0 radical (unpaired) electrons. The van der Waals surface area contributed by atoms with Crippen LogP contribution >= 0.6 is 0 Å². The molecule has 1 N–H and O–H groups in total. The number of nitrogens with one attached hydrogen (secondary N) is 1. The van der Waals surface area contributed by atoms with Crippen LogP contribution in [0.3, 0.4) is 0 Å². The number of carbonyl (C=O) groups excluding carboxylic acids is 1. The lowest BCUT2D eigenvalue weighted by atomic mass is 10.2. The molecular formula is C19H22F3N3O3S. The van der Waals surface area contributed by atoms with E-state index in [0.717, 1.165) is 35.7 Å². The lowest BCUT2D eigenvalue weighted by molar-refractivity contribution is -0.137. The first-order valence-electron chi connectivity index (χ1n) is 8.92. The second-order valence-corrected chi connectivity index (χ2v) is 8.26. The molecule has 29 heavy (non-hydrogen) atoms. The predicted octanol–water partition coefficient (Wildman–Crippen LogP) is 3.86. The normalized spacial score (nSPS) is 12.6. The lowest BCUT2D eigenvalue weighted by Gasteiger charge is -2.09. The standard InChI is InChI=1S/C19H22F3N3O3S/c1-14-13-15(2)25(24-14)18(26)7-5-3-4-6-12-23-29(27,28)17-10-8-16(9-11-17)19(20,21)22/h5,7-11,13,23H,3-4,6,12H2,1-2H3/b7-5+. The molecular weight excluding hydrogens is 407 g/mol. The van der Waals surface area contributed by atoms with Crippen molar-refractivity contribution in [2.75, 3.05) is 6.54 Å². The Hall–Kier alpha value is -2.46. The molecule has 0 aliphatic heterocycles. The number of rotatable bonds is 8. The van der Waals surface area contributed by atoms with Gasteiger partial charge >= 0.3 is 6.18 Å². The molecule has 2 aromatic rings. The van der Waals surface area contributed by atoms with Crippen LogP contribution < -0.4 is 4.72 Å². The number of aryl methyl sites for hydroxylation is 2. The van der Waals surface area contributed by atoms with Gasteiger partial charge in [0.05, 0.1) is 16.2 Å². The van der Waals surface area contributed by atoms with Gasteiger partial charge in [-0.2, -0.15) is 18.3 Å². The van der Waals surface area contributed by atoms with Gasteiger partial charge in [0, 0.05) is 18.3 Å². The molecule has 1 aromatic carbocycles. The molecule has 0 amide bonds. The van der Waals surface area contributed by atoms with Gasteiger partial charge < -0.3 is 0 Å². The maximum atomic E-state index is 12.5. The van der Waals surface area contributed by atoms with Crippen molar-refractivity contribution in [2.24, 2.45) is 0 Å². The second kappa shape index (κ2) is 9.36. The zero-order valence-corrected chi connectivity index (χ0v) is 16.8. The van der Waals surface area contributed by atoms with Crippen LogP contribution in [-0.2, 0) is 16.2 Å². The monoisotopic (exact) mass is 429 g/mol. The molecule has 0 saturated heterocycles. The Bertz CT molecular complexity index is 978. The Morgan fingerprint density at radius 2 is 1.83 bits per heavy atom. The summed E-state index contributed by atoms with van der Waals surface area (Å²) in [6, 6.07) is 5.13. The number of sulfonamides is 1. The Kier molecular flexibility index (Phi) is 7.37. The van der Waals surface area contributed by atoms with Crippen LogP contribution in [0.5, 0.6) is 0 Å². The van der Waals surface area contributed by atoms with Gasteiger partial charge in [-0.25, -0.2) is 17.8 Å². The molecule has 10 heteroatoms. The van der Waals surface area contributed by atoms with E-state index in [2.05, 4.69) is 9.82 Å². The number of unbranched alkanes of at least 4 members (excludes halogenated alkanes) is 2. The maximum Gasteiger partial charge on any atom is 0.416 e. The highest BCUT2D eigenvalue weighted by Crippen LogP contribution is 2.29. The molecule has 0 aliphatic rings. The number of aromatic nitrogens is 2. The van der Waals surface area contributed by atoms with Crippen LogP contribution in [0.4, 0.5) is 13.2 Å². The van der Waals surface area contributed by atoms with E-state index in [4.69, 9.17) is 0 Å². The van der Waals surface area contributed by atoms with E-state index in [1.165, 1.54) is 10.8 Å². The van der Waals surface area contributed by atoms with E-state index in [9.17, 15) is 26.4 Å². The molecule has 0 unspecified atom stereocenters. The minimum absolute atomic E-state index is 0.141. The summed E-state index contributed by atoms with van der Waals surface area (Å²) in [5, 5.41) is 4.09. The van der Waals surface area contributed by atoms with Gasteiger partial charge in [0.1, 0.15) is 0 Å². The SMILES string of the molecule is Cc1cc(C)n(C(=O)/C=C/CCCCNS(=O)(=O)c2ccc(C(F)(F)F)cc2)n1. The van der Waals surface area contributed by atoms with Gasteiger partial charge in [-0.1, -0.05) is 6.08 Å². The Balaban J connectivity index is 1.75. The van der Waals surface area contributed by atoms with Crippen LogP contribution in [0.15, 0.2) is 47.4 Å². The summed E-state index contributed by atoms with van der Waals surface area (Å²) < 4.78 is 65.5. The number of carbonyl (C=O) groups is 1. The lowest BCUT2D eigenvalue weighted by Crippen LogP contribution is -2.24. The summed E-state index contributed by atoms with van der Waals surface area (Å²) in [6.07, 6.45) is 0.330.